The molecule has 0 spiro atoms. The first kappa shape index (κ1) is 20.6. The van der Waals surface area contributed by atoms with Gasteiger partial charge >= 0.3 is 12.2 Å². The number of methoxy groups -OCH3 is 1. The molecule has 0 unspecified atom stereocenters. The highest BCUT2D eigenvalue weighted by atomic mass is 32.1. The minimum absolute atomic E-state index is 0.0740. The van der Waals surface area contributed by atoms with E-state index in [0.29, 0.717) is 27.6 Å². The van der Waals surface area contributed by atoms with Gasteiger partial charge in [0.1, 0.15) is 0 Å². The molecule has 0 saturated carbocycles. The number of alkyl halides is 3. The maximum absolute atomic E-state index is 12.9. The van der Waals surface area contributed by atoms with Crippen LogP contribution in [-0.4, -0.2) is 27.8 Å². The Labute approximate surface area is 178 Å². The van der Waals surface area contributed by atoms with Crippen LogP contribution in [0.2, 0.25) is 0 Å². The van der Waals surface area contributed by atoms with Crippen LogP contribution in [0.5, 0.6) is 6.01 Å². The number of aromatic nitrogens is 3. The number of rotatable bonds is 5. The van der Waals surface area contributed by atoms with Crippen molar-refractivity contribution in [3.8, 4) is 23.1 Å². The van der Waals surface area contributed by atoms with Gasteiger partial charge < -0.3 is 10.1 Å². The monoisotopic (exact) mass is 444 g/mol. The molecule has 31 heavy (non-hydrogen) atoms. The van der Waals surface area contributed by atoms with E-state index in [1.165, 1.54) is 35.3 Å². The van der Waals surface area contributed by atoms with Crippen molar-refractivity contribution in [1.29, 1.82) is 0 Å². The second-order valence-electron chi connectivity index (χ2n) is 6.39. The van der Waals surface area contributed by atoms with Gasteiger partial charge in [-0.2, -0.15) is 18.2 Å². The van der Waals surface area contributed by atoms with Crippen LogP contribution in [0.1, 0.15) is 15.2 Å². The van der Waals surface area contributed by atoms with Gasteiger partial charge in [-0.25, -0.2) is 4.68 Å². The highest BCUT2D eigenvalue weighted by Crippen LogP contribution is 2.31. The van der Waals surface area contributed by atoms with Crippen molar-refractivity contribution in [3.05, 3.63) is 76.5 Å². The molecule has 6 nitrogen and oxygen atoms in total. The van der Waals surface area contributed by atoms with Crippen molar-refractivity contribution in [1.82, 2.24) is 14.8 Å². The molecular weight excluding hydrogens is 429 g/mol. The second-order valence-corrected chi connectivity index (χ2v) is 7.34. The molecule has 10 heteroatoms. The number of carbonyl (C=O) groups is 1. The van der Waals surface area contributed by atoms with Crippen LogP contribution in [0.3, 0.4) is 0 Å². The Hall–Kier alpha value is -3.66. The van der Waals surface area contributed by atoms with Crippen LogP contribution in [0.15, 0.2) is 66.0 Å². The Balaban J connectivity index is 1.62. The van der Waals surface area contributed by atoms with E-state index in [0.717, 1.165) is 12.1 Å². The molecule has 0 atom stereocenters. The maximum Gasteiger partial charge on any atom is 0.416 e. The molecular formula is C21H15F3N4O2S. The zero-order chi connectivity index (χ0) is 22.0. The number of nitrogens with one attached hydrogen (secondary N) is 1. The van der Waals surface area contributed by atoms with Crippen LogP contribution in [0.25, 0.3) is 17.1 Å². The Morgan fingerprint density at radius 3 is 2.35 bits per heavy atom. The Morgan fingerprint density at radius 2 is 1.77 bits per heavy atom. The largest absolute Gasteiger partial charge is 0.466 e. The van der Waals surface area contributed by atoms with Gasteiger partial charge in [-0.15, -0.1) is 16.4 Å². The van der Waals surface area contributed by atoms with Crippen molar-refractivity contribution in [2.24, 2.45) is 0 Å². The van der Waals surface area contributed by atoms with E-state index in [-0.39, 0.29) is 11.9 Å². The van der Waals surface area contributed by atoms with Gasteiger partial charge in [0.15, 0.2) is 5.82 Å². The van der Waals surface area contributed by atoms with Crippen molar-refractivity contribution < 1.29 is 22.7 Å². The number of halogens is 3. The van der Waals surface area contributed by atoms with Gasteiger partial charge in [0, 0.05) is 11.3 Å². The number of amides is 1. The predicted octanol–water partition coefficient (Wildman–Crippen LogP) is 5.28. The van der Waals surface area contributed by atoms with Gasteiger partial charge in [0.25, 0.3) is 5.91 Å². The molecule has 0 saturated heterocycles. The van der Waals surface area contributed by atoms with E-state index in [1.54, 1.807) is 36.4 Å². The Bertz CT molecular complexity index is 1190. The third-order valence-corrected chi connectivity index (χ3v) is 5.22. The van der Waals surface area contributed by atoms with E-state index in [9.17, 15) is 18.0 Å². The fourth-order valence-corrected chi connectivity index (χ4v) is 3.46. The minimum atomic E-state index is -4.42. The van der Waals surface area contributed by atoms with Gasteiger partial charge in [-0.05, 0) is 47.8 Å². The van der Waals surface area contributed by atoms with E-state index < -0.39 is 11.7 Å². The zero-order valence-electron chi connectivity index (χ0n) is 16.1. The molecule has 2 aromatic carbocycles. The molecule has 0 aliphatic heterocycles. The third-order valence-electron chi connectivity index (χ3n) is 4.36. The fraction of sp³-hybridized carbons (Fsp3) is 0.0952. The highest BCUT2D eigenvalue weighted by Gasteiger charge is 2.30. The third kappa shape index (κ3) is 4.43. The normalized spacial score (nSPS) is 11.4. The predicted molar refractivity (Wildman–Crippen MR) is 111 cm³/mol. The number of anilines is 1. The standard InChI is InChI=1S/C21H15F3N4O2S/c1-30-20-26-18(13-4-6-14(7-5-13)21(22,23)24)28(27-20)16-10-8-15(9-11-16)25-19(29)17-3-2-12-31-17/h2-12H,1H3,(H,25,29). The van der Waals surface area contributed by atoms with Crippen molar-refractivity contribution in [2.45, 2.75) is 6.18 Å². The molecule has 0 fully saturated rings. The van der Waals surface area contributed by atoms with E-state index >= 15 is 0 Å². The number of ether oxygens (including phenoxy) is 1. The van der Waals surface area contributed by atoms with E-state index in [1.807, 2.05) is 5.38 Å². The summed E-state index contributed by atoms with van der Waals surface area (Å²) in [7, 11) is 1.40. The summed E-state index contributed by atoms with van der Waals surface area (Å²) in [5.41, 5.74) is 0.879. The van der Waals surface area contributed by atoms with Gasteiger partial charge in [0.2, 0.25) is 0 Å². The summed E-state index contributed by atoms with van der Waals surface area (Å²) in [5.74, 6) is 0.108. The number of thiophene rings is 1. The van der Waals surface area contributed by atoms with E-state index in [4.69, 9.17) is 4.74 Å². The lowest BCUT2D eigenvalue weighted by Crippen LogP contribution is -2.10. The first-order valence-corrected chi connectivity index (χ1v) is 9.87. The van der Waals surface area contributed by atoms with Gasteiger partial charge in [-0.1, -0.05) is 18.2 Å². The zero-order valence-corrected chi connectivity index (χ0v) is 16.9. The molecule has 0 aliphatic rings. The maximum atomic E-state index is 12.9. The number of benzene rings is 2. The summed E-state index contributed by atoms with van der Waals surface area (Å²) < 4.78 is 45.1. The van der Waals surface area contributed by atoms with Crippen LogP contribution in [-0.2, 0) is 6.18 Å². The molecule has 4 aromatic rings. The average molecular weight is 444 g/mol. The quantitative estimate of drug-likeness (QED) is 0.455. The molecule has 158 valence electrons. The Morgan fingerprint density at radius 1 is 1.06 bits per heavy atom. The first-order chi connectivity index (χ1) is 14.8. The highest BCUT2D eigenvalue weighted by molar-refractivity contribution is 7.12. The summed E-state index contributed by atoms with van der Waals surface area (Å²) in [5, 5.41) is 8.87. The molecule has 0 bridgehead atoms. The van der Waals surface area contributed by atoms with Gasteiger partial charge in [-0.3, -0.25) is 4.79 Å². The average Bonchev–Trinajstić information content (AvgIpc) is 3.44. The van der Waals surface area contributed by atoms with Crippen molar-refractivity contribution in [2.75, 3.05) is 12.4 Å². The fourth-order valence-electron chi connectivity index (χ4n) is 2.84. The summed E-state index contributed by atoms with van der Waals surface area (Å²) in [4.78, 5) is 17.0. The van der Waals surface area contributed by atoms with Crippen LogP contribution >= 0.6 is 11.3 Å². The summed E-state index contributed by atoms with van der Waals surface area (Å²) in [6.07, 6.45) is -4.42. The van der Waals surface area contributed by atoms with Crippen LogP contribution < -0.4 is 10.1 Å². The smallest absolute Gasteiger partial charge is 0.416 e. The molecule has 2 aromatic heterocycles. The van der Waals surface area contributed by atoms with Gasteiger partial charge in [0.05, 0.1) is 23.2 Å². The lowest BCUT2D eigenvalue weighted by Gasteiger charge is -2.09. The molecule has 1 N–H and O–H groups in total. The minimum Gasteiger partial charge on any atom is -0.466 e. The van der Waals surface area contributed by atoms with E-state index in [2.05, 4.69) is 15.4 Å². The SMILES string of the molecule is COc1nc(-c2ccc(C(F)(F)F)cc2)n(-c2ccc(NC(=O)c3cccs3)cc2)n1. The van der Waals surface area contributed by atoms with Crippen LogP contribution in [0.4, 0.5) is 18.9 Å². The molecule has 2 heterocycles. The summed E-state index contributed by atoms with van der Waals surface area (Å²) in [6.45, 7) is 0. The molecule has 0 aliphatic carbocycles. The molecule has 0 radical (unpaired) electrons. The second kappa shape index (κ2) is 8.23. The molecule has 4 rings (SSSR count). The number of hydrogen-bond acceptors (Lipinski definition) is 5. The number of carbonyl (C=O) groups excluding carboxylic acids is 1. The Kier molecular flexibility index (Phi) is 5.47. The lowest BCUT2D eigenvalue weighted by molar-refractivity contribution is -0.137. The summed E-state index contributed by atoms with van der Waals surface area (Å²) >= 11 is 1.34. The first-order valence-electron chi connectivity index (χ1n) is 8.99. The lowest BCUT2D eigenvalue weighted by atomic mass is 10.1. The van der Waals surface area contributed by atoms with Crippen molar-refractivity contribution >= 4 is 22.9 Å². The van der Waals surface area contributed by atoms with Crippen molar-refractivity contribution in [3.63, 3.8) is 0 Å². The number of nitrogens with zero attached hydrogens (tertiary/aromatic N) is 3. The topological polar surface area (TPSA) is 69.0 Å². The number of hydrogen-bond donors (Lipinski definition) is 1. The molecule has 1 amide bonds. The summed E-state index contributed by atoms with van der Waals surface area (Å²) in [6, 6.07) is 15.1. The van der Waals surface area contributed by atoms with Crippen LogP contribution in [0, 0.1) is 0 Å².